The van der Waals surface area contributed by atoms with Crippen LogP contribution in [-0.2, 0) is 4.74 Å². The molecule has 0 aliphatic rings. The second-order valence-electron chi connectivity index (χ2n) is 4.53. The van der Waals surface area contributed by atoms with E-state index in [4.69, 9.17) is 4.74 Å². The molecule has 0 fully saturated rings. The standard InChI is InChI=1S/C14H31N3O.HI/c1-5-8-11-18-12-9-10-16-14(15-7-3)17-13(4)6-2;/h13H,5-12H2,1-4H3,(H2,15,16,17);1H. The highest BCUT2D eigenvalue weighted by molar-refractivity contribution is 14.0. The third-order valence-corrected chi connectivity index (χ3v) is 2.70. The van der Waals surface area contributed by atoms with Crippen molar-refractivity contribution in [2.24, 2.45) is 4.99 Å². The highest BCUT2D eigenvalue weighted by Crippen LogP contribution is 1.91. The van der Waals surface area contributed by atoms with Crippen molar-refractivity contribution in [1.82, 2.24) is 10.6 Å². The van der Waals surface area contributed by atoms with E-state index in [0.717, 1.165) is 51.5 Å². The zero-order valence-electron chi connectivity index (χ0n) is 13.0. The molecular weight excluding hydrogens is 353 g/mol. The fourth-order valence-corrected chi connectivity index (χ4v) is 1.36. The van der Waals surface area contributed by atoms with Crippen molar-refractivity contribution >= 4 is 29.9 Å². The van der Waals surface area contributed by atoms with Crippen molar-refractivity contribution in [3.05, 3.63) is 0 Å². The fraction of sp³-hybridized carbons (Fsp3) is 0.929. The average molecular weight is 385 g/mol. The Hall–Kier alpha value is -0.0400. The van der Waals surface area contributed by atoms with Crippen LogP contribution in [-0.4, -0.2) is 38.3 Å². The minimum Gasteiger partial charge on any atom is -0.381 e. The molecule has 4 nitrogen and oxygen atoms in total. The molecule has 0 rings (SSSR count). The topological polar surface area (TPSA) is 45.6 Å². The SMILES string of the molecule is CCCCOCCCN=C(NCC)NC(C)CC.I. The lowest BCUT2D eigenvalue weighted by atomic mass is 10.3. The number of nitrogens with zero attached hydrogens (tertiary/aromatic N) is 1. The maximum Gasteiger partial charge on any atom is 0.191 e. The van der Waals surface area contributed by atoms with Crippen LogP contribution in [0.15, 0.2) is 4.99 Å². The lowest BCUT2D eigenvalue weighted by Gasteiger charge is -2.16. The number of unbranched alkanes of at least 4 members (excludes halogenated alkanes) is 1. The normalized spacial score (nSPS) is 12.7. The molecule has 0 aliphatic heterocycles. The molecule has 0 saturated carbocycles. The predicted octanol–water partition coefficient (Wildman–Crippen LogP) is 3.16. The number of aliphatic imine (C=N–C) groups is 1. The van der Waals surface area contributed by atoms with Gasteiger partial charge in [-0.25, -0.2) is 0 Å². The molecule has 0 aromatic carbocycles. The molecule has 1 atom stereocenters. The molecule has 1 unspecified atom stereocenters. The zero-order valence-corrected chi connectivity index (χ0v) is 15.3. The van der Waals surface area contributed by atoms with Gasteiger partial charge in [-0.15, -0.1) is 24.0 Å². The Morgan fingerprint density at radius 2 is 1.84 bits per heavy atom. The molecule has 0 amide bonds. The summed E-state index contributed by atoms with van der Waals surface area (Å²) in [5, 5.41) is 6.63. The third-order valence-electron chi connectivity index (χ3n) is 2.70. The first-order valence-corrected chi connectivity index (χ1v) is 7.37. The van der Waals surface area contributed by atoms with Crippen LogP contribution >= 0.6 is 24.0 Å². The summed E-state index contributed by atoms with van der Waals surface area (Å²) >= 11 is 0. The summed E-state index contributed by atoms with van der Waals surface area (Å²) in [5.41, 5.74) is 0. The Kier molecular flexibility index (Phi) is 17.9. The molecule has 116 valence electrons. The van der Waals surface area contributed by atoms with Crippen LogP contribution in [0.1, 0.15) is 53.4 Å². The monoisotopic (exact) mass is 385 g/mol. The van der Waals surface area contributed by atoms with Gasteiger partial charge in [-0.1, -0.05) is 20.3 Å². The van der Waals surface area contributed by atoms with Crippen LogP contribution in [0.4, 0.5) is 0 Å². The molecule has 2 N–H and O–H groups in total. The molecule has 0 aromatic rings. The molecule has 0 radical (unpaired) electrons. The van der Waals surface area contributed by atoms with Crippen LogP contribution < -0.4 is 10.6 Å². The summed E-state index contributed by atoms with van der Waals surface area (Å²) in [4.78, 5) is 4.53. The number of guanidine groups is 1. The van der Waals surface area contributed by atoms with Gasteiger partial charge in [0, 0.05) is 32.3 Å². The first-order valence-electron chi connectivity index (χ1n) is 7.37. The number of rotatable bonds is 10. The van der Waals surface area contributed by atoms with Gasteiger partial charge in [0.1, 0.15) is 0 Å². The van der Waals surface area contributed by atoms with E-state index in [-0.39, 0.29) is 24.0 Å². The summed E-state index contributed by atoms with van der Waals surface area (Å²) < 4.78 is 5.51. The summed E-state index contributed by atoms with van der Waals surface area (Å²) in [6.07, 6.45) is 4.44. The van der Waals surface area contributed by atoms with Gasteiger partial charge in [-0.3, -0.25) is 4.99 Å². The number of hydrogen-bond donors (Lipinski definition) is 2. The third kappa shape index (κ3) is 14.2. The second kappa shape index (κ2) is 16.0. The van der Waals surface area contributed by atoms with Gasteiger partial charge in [0.2, 0.25) is 0 Å². The van der Waals surface area contributed by atoms with Crippen molar-refractivity contribution < 1.29 is 4.74 Å². The van der Waals surface area contributed by atoms with E-state index in [0.29, 0.717) is 6.04 Å². The molecule has 0 bridgehead atoms. The van der Waals surface area contributed by atoms with E-state index in [9.17, 15) is 0 Å². The molecule has 0 saturated heterocycles. The smallest absolute Gasteiger partial charge is 0.191 e. The Labute approximate surface area is 136 Å². The van der Waals surface area contributed by atoms with Gasteiger partial charge < -0.3 is 15.4 Å². The van der Waals surface area contributed by atoms with Crippen LogP contribution in [0.5, 0.6) is 0 Å². The minimum atomic E-state index is 0. The van der Waals surface area contributed by atoms with E-state index in [2.05, 4.69) is 43.3 Å². The first kappa shape index (κ1) is 21.3. The summed E-state index contributed by atoms with van der Waals surface area (Å²) in [6, 6.07) is 0.462. The fourth-order valence-electron chi connectivity index (χ4n) is 1.36. The molecular formula is C14H32IN3O. The maximum absolute atomic E-state index is 5.51. The number of hydrogen-bond acceptors (Lipinski definition) is 2. The van der Waals surface area contributed by atoms with E-state index < -0.39 is 0 Å². The van der Waals surface area contributed by atoms with Crippen LogP contribution in [0.25, 0.3) is 0 Å². The number of ether oxygens (including phenoxy) is 1. The number of nitrogens with one attached hydrogen (secondary N) is 2. The maximum atomic E-state index is 5.51. The van der Waals surface area contributed by atoms with E-state index in [1.165, 1.54) is 6.42 Å². The molecule has 0 spiro atoms. The molecule has 0 aromatic heterocycles. The van der Waals surface area contributed by atoms with Crippen LogP contribution in [0.2, 0.25) is 0 Å². The van der Waals surface area contributed by atoms with E-state index >= 15 is 0 Å². The largest absolute Gasteiger partial charge is 0.381 e. The quantitative estimate of drug-likeness (QED) is 0.263. The lowest BCUT2D eigenvalue weighted by Crippen LogP contribution is -2.42. The first-order chi connectivity index (χ1) is 8.74. The van der Waals surface area contributed by atoms with Crippen molar-refractivity contribution in [3.8, 4) is 0 Å². The predicted molar refractivity (Wildman–Crippen MR) is 94.6 cm³/mol. The molecule has 19 heavy (non-hydrogen) atoms. The van der Waals surface area contributed by atoms with E-state index in [1.54, 1.807) is 0 Å². The van der Waals surface area contributed by atoms with Gasteiger partial charge >= 0.3 is 0 Å². The van der Waals surface area contributed by atoms with Crippen molar-refractivity contribution in [3.63, 3.8) is 0 Å². The number of halogens is 1. The van der Waals surface area contributed by atoms with Gasteiger partial charge in [0.15, 0.2) is 5.96 Å². The lowest BCUT2D eigenvalue weighted by molar-refractivity contribution is 0.130. The molecule has 0 heterocycles. The van der Waals surface area contributed by atoms with E-state index in [1.807, 2.05) is 0 Å². The van der Waals surface area contributed by atoms with Crippen LogP contribution in [0.3, 0.4) is 0 Å². The van der Waals surface area contributed by atoms with Gasteiger partial charge in [0.05, 0.1) is 0 Å². The van der Waals surface area contributed by atoms with Crippen LogP contribution in [0, 0.1) is 0 Å². The van der Waals surface area contributed by atoms with Gasteiger partial charge in [-0.2, -0.15) is 0 Å². The summed E-state index contributed by atoms with van der Waals surface area (Å²) in [7, 11) is 0. The Morgan fingerprint density at radius 3 is 2.42 bits per heavy atom. The highest BCUT2D eigenvalue weighted by Gasteiger charge is 2.01. The Morgan fingerprint density at radius 1 is 1.16 bits per heavy atom. The summed E-state index contributed by atoms with van der Waals surface area (Å²) in [6.45, 7) is 12.0. The average Bonchev–Trinajstić information content (AvgIpc) is 2.37. The highest BCUT2D eigenvalue weighted by atomic mass is 127. The molecule has 5 heteroatoms. The Balaban J connectivity index is 0. The van der Waals surface area contributed by atoms with Crippen molar-refractivity contribution in [2.45, 2.75) is 59.4 Å². The van der Waals surface area contributed by atoms with Crippen molar-refractivity contribution in [1.29, 1.82) is 0 Å². The summed E-state index contributed by atoms with van der Waals surface area (Å²) in [5.74, 6) is 0.917. The zero-order chi connectivity index (χ0) is 13.6. The van der Waals surface area contributed by atoms with Gasteiger partial charge in [0.25, 0.3) is 0 Å². The molecule has 0 aliphatic carbocycles. The minimum absolute atomic E-state index is 0. The Bertz CT molecular complexity index is 213. The van der Waals surface area contributed by atoms with Gasteiger partial charge in [-0.05, 0) is 33.1 Å². The van der Waals surface area contributed by atoms with Crippen molar-refractivity contribution in [2.75, 3.05) is 26.3 Å². The second-order valence-corrected chi connectivity index (χ2v) is 4.53.